The summed E-state index contributed by atoms with van der Waals surface area (Å²) in [5.74, 6) is -0.529. The molecule has 1 N–H and O–H groups in total. The summed E-state index contributed by atoms with van der Waals surface area (Å²) in [5, 5.41) is 2.89. The second-order valence-corrected chi connectivity index (χ2v) is 6.12. The first-order valence-corrected chi connectivity index (χ1v) is 8.93. The van der Waals surface area contributed by atoms with E-state index in [0.29, 0.717) is 44.2 Å². The topological polar surface area (TPSA) is 84.9 Å². The van der Waals surface area contributed by atoms with Crippen LogP contribution in [-0.4, -0.2) is 50.7 Å². The summed E-state index contributed by atoms with van der Waals surface area (Å²) in [4.78, 5) is 37.4. The van der Waals surface area contributed by atoms with Crippen LogP contribution in [0.15, 0.2) is 24.3 Å². The Hall–Kier alpha value is -2.41. The van der Waals surface area contributed by atoms with E-state index in [4.69, 9.17) is 9.47 Å². The van der Waals surface area contributed by atoms with Crippen LogP contribution >= 0.6 is 0 Å². The second-order valence-electron chi connectivity index (χ2n) is 6.12. The van der Waals surface area contributed by atoms with Crippen molar-refractivity contribution in [1.82, 2.24) is 5.32 Å². The van der Waals surface area contributed by atoms with E-state index < -0.39 is 5.97 Å². The minimum atomic E-state index is -0.392. The number of ether oxygens (including phenoxy) is 2. The third kappa shape index (κ3) is 5.56. The number of hydrogen-bond acceptors (Lipinski definition) is 5. The molecule has 0 radical (unpaired) electrons. The SMILES string of the molecule is CCOC(=O)c1ccc(N(CCNC(=O)C2CCOCC2)C(C)=O)cc1. The fraction of sp³-hybridized carbons (Fsp3) is 0.526. The normalized spacial score (nSPS) is 14.5. The first kappa shape index (κ1) is 19.9. The van der Waals surface area contributed by atoms with Gasteiger partial charge in [-0.15, -0.1) is 0 Å². The Bertz CT molecular complexity index is 623. The molecule has 0 saturated carbocycles. The average Bonchev–Trinajstić information content (AvgIpc) is 2.66. The Morgan fingerprint density at radius 3 is 2.42 bits per heavy atom. The molecule has 7 heteroatoms. The van der Waals surface area contributed by atoms with Crippen molar-refractivity contribution in [3.8, 4) is 0 Å². The van der Waals surface area contributed by atoms with Gasteiger partial charge in [0.1, 0.15) is 0 Å². The van der Waals surface area contributed by atoms with Crippen LogP contribution in [0.4, 0.5) is 5.69 Å². The first-order chi connectivity index (χ1) is 12.5. The highest BCUT2D eigenvalue weighted by atomic mass is 16.5. The number of hydrogen-bond donors (Lipinski definition) is 1. The third-order valence-corrected chi connectivity index (χ3v) is 4.30. The lowest BCUT2D eigenvalue weighted by molar-refractivity contribution is -0.128. The number of nitrogens with zero attached hydrogens (tertiary/aromatic N) is 1. The van der Waals surface area contributed by atoms with Crippen LogP contribution in [0, 0.1) is 5.92 Å². The summed E-state index contributed by atoms with van der Waals surface area (Å²) >= 11 is 0. The van der Waals surface area contributed by atoms with Crippen LogP contribution < -0.4 is 10.2 Å². The van der Waals surface area contributed by atoms with Gasteiger partial charge < -0.3 is 19.7 Å². The summed E-state index contributed by atoms with van der Waals surface area (Å²) < 4.78 is 10.2. The van der Waals surface area contributed by atoms with Crippen LogP contribution in [0.5, 0.6) is 0 Å². The fourth-order valence-electron chi connectivity index (χ4n) is 2.86. The number of anilines is 1. The van der Waals surface area contributed by atoms with Crippen molar-refractivity contribution in [3.63, 3.8) is 0 Å². The predicted octanol–water partition coefficient (Wildman–Crippen LogP) is 1.76. The standard InChI is InChI=1S/C19H26N2O5/c1-3-26-19(24)16-4-6-17(7-5-16)21(14(2)22)11-10-20-18(23)15-8-12-25-13-9-15/h4-7,15H,3,8-13H2,1-2H3,(H,20,23). The Kier molecular flexibility index (Phi) is 7.59. The van der Waals surface area contributed by atoms with Gasteiger partial charge in [0.2, 0.25) is 11.8 Å². The largest absolute Gasteiger partial charge is 0.462 e. The Morgan fingerprint density at radius 2 is 1.85 bits per heavy atom. The molecule has 1 saturated heterocycles. The van der Waals surface area contributed by atoms with Crippen LogP contribution in [-0.2, 0) is 19.1 Å². The van der Waals surface area contributed by atoms with Crippen molar-refractivity contribution in [2.45, 2.75) is 26.7 Å². The lowest BCUT2D eigenvalue weighted by atomic mass is 9.99. The molecule has 0 bridgehead atoms. The van der Waals surface area contributed by atoms with E-state index in [2.05, 4.69) is 5.32 Å². The van der Waals surface area contributed by atoms with Crippen molar-refractivity contribution < 1.29 is 23.9 Å². The number of carbonyl (C=O) groups excluding carboxylic acids is 3. The fourth-order valence-corrected chi connectivity index (χ4v) is 2.86. The molecule has 142 valence electrons. The van der Waals surface area contributed by atoms with Crippen LogP contribution in [0.1, 0.15) is 37.0 Å². The smallest absolute Gasteiger partial charge is 0.338 e. The van der Waals surface area contributed by atoms with E-state index >= 15 is 0 Å². The van der Waals surface area contributed by atoms with Crippen molar-refractivity contribution in [3.05, 3.63) is 29.8 Å². The molecule has 26 heavy (non-hydrogen) atoms. The Balaban J connectivity index is 1.90. The van der Waals surface area contributed by atoms with Gasteiger partial charge in [-0.25, -0.2) is 4.79 Å². The predicted molar refractivity (Wildman–Crippen MR) is 97.0 cm³/mol. The summed E-state index contributed by atoms with van der Waals surface area (Å²) in [6.07, 6.45) is 1.47. The van der Waals surface area contributed by atoms with E-state index in [-0.39, 0.29) is 17.7 Å². The lowest BCUT2D eigenvalue weighted by Gasteiger charge is -2.24. The maximum absolute atomic E-state index is 12.1. The van der Waals surface area contributed by atoms with Gasteiger partial charge in [-0.05, 0) is 44.0 Å². The van der Waals surface area contributed by atoms with E-state index in [0.717, 1.165) is 12.8 Å². The Morgan fingerprint density at radius 1 is 1.19 bits per heavy atom. The summed E-state index contributed by atoms with van der Waals surface area (Å²) in [5.41, 5.74) is 1.11. The molecule has 1 fully saturated rings. The number of amides is 2. The maximum atomic E-state index is 12.1. The van der Waals surface area contributed by atoms with Gasteiger partial charge in [0.25, 0.3) is 0 Å². The average molecular weight is 362 g/mol. The van der Waals surface area contributed by atoms with Crippen LogP contribution in [0.25, 0.3) is 0 Å². The molecule has 0 aromatic heterocycles. The van der Waals surface area contributed by atoms with E-state index in [1.54, 1.807) is 36.1 Å². The zero-order chi connectivity index (χ0) is 18.9. The van der Waals surface area contributed by atoms with Gasteiger partial charge in [-0.1, -0.05) is 0 Å². The lowest BCUT2D eigenvalue weighted by Crippen LogP contribution is -2.40. The molecule has 0 atom stereocenters. The van der Waals surface area contributed by atoms with E-state index in [1.165, 1.54) is 6.92 Å². The van der Waals surface area contributed by atoms with Gasteiger partial charge in [0.05, 0.1) is 12.2 Å². The molecule has 1 aliphatic rings. The molecule has 1 heterocycles. The number of esters is 1. The summed E-state index contributed by atoms with van der Waals surface area (Å²) in [6, 6.07) is 6.66. The van der Waals surface area contributed by atoms with Crippen LogP contribution in [0.2, 0.25) is 0 Å². The number of carbonyl (C=O) groups is 3. The molecule has 7 nitrogen and oxygen atoms in total. The minimum absolute atomic E-state index is 0.00876. The highest BCUT2D eigenvalue weighted by Gasteiger charge is 2.21. The quantitative estimate of drug-likeness (QED) is 0.747. The maximum Gasteiger partial charge on any atom is 0.338 e. The van der Waals surface area contributed by atoms with Gasteiger partial charge >= 0.3 is 5.97 Å². The van der Waals surface area contributed by atoms with Crippen LogP contribution in [0.3, 0.4) is 0 Å². The van der Waals surface area contributed by atoms with Gasteiger partial charge in [-0.3, -0.25) is 9.59 Å². The number of rotatable bonds is 7. The highest BCUT2D eigenvalue weighted by molar-refractivity contribution is 5.93. The van der Waals surface area contributed by atoms with E-state index in [1.807, 2.05) is 0 Å². The molecular formula is C19H26N2O5. The number of nitrogens with one attached hydrogen (secondary N) is 1. The van der Waals surface area contributed by atoms with Gasteiger partial charge in [0.15, 0.2) is 0 Å². The van der Waals surface area contributed by atoms with Crippen molar-refractivity contribution >= 4 is 23.5 Å². The molecule has 0 spiro atoms. The molecule has 0 unspecified atom stereocenters. The van der Waals surface area contributed by atoms with E-state index in [9.17, 15) is 14.4 Å². The molecule has 2 rings (SSSR count). The molecular weight excluding hydrogens is 336 g/mol. The first-order valence-electron chi connectivity index (χ1n) is 8.93. The highest BCUT2D eigenvalue weighted by Crippen LogP contribution is 2.17. The van der Waals surface area contributed by atoms with Crippen molar-refractivity contribution in [2.75, 3.05) is 37.8 Å². The van der Waals surface area contributed by atoms with Crippen molar-refractivity contribution in [1.29, 1.82) is 0 Å². The summed E-state index contributed by atoms with van der Waals surface area (Å²) in [6.45, 7) is 5.50. The van der Waals surface area contributed by atoms with Crippen molar-refractivity contribution in [2.24, 2.45) is 5.92 Å². The molecule has 0 aliphatic carbocycles. The number of benzene rings is 1. The Labute approximate surface area is 153 Å². The van der Waals surface area contributed by atoms with Gasteiger partial charge in [-0.2, -0.15) is 0 Å². The zero-order valence-corrected chi connectivity index (χ0v) is 15.3. The molecule has 1 aromatic carbocycles. The molecule has 1 aliphatic heterocycles. The third-order valence-electron chi connectivity index (χ3n) is 4.30. The van der Waals surface area contributed by atoms with Gasteiger partial charge in [0, 0.05) is 44.8 Å². The summed E-state index contributed by atoms with van der Waals surface area (Å²) in [7, 11) is 0. The molecule has 1 aromatic rings. The monoisotopic (exact) mass is 362 g/mol. The minimum Gasteiger partial charge on any atom is -0.462 e. The molecule has 2 amide bonds. The second kappa shape index (κ2) is 9.91. The zero-order valence-electron chi connectivity index (χ0n) is 15.3.